The summed E-state index contributed by atoms with van der Waals surface area (Å²) in [6.45, 7) is 5.64. The first kappa shape index (κ1) is 15.6. The SMILES string of the molecule is CC(C)N(CC(N)=NO)CC1CCC2(CCCCC2)O1. The van der Waals surface area contributed by atoms with Gasteiger partial charge >= 0.3 is 0 Å². The maximum absolute atomic E-state index is 8.73. The van der Waals surface area contributed by atoms with Crippen molar-refractivity contribution in [3.63, 3.8) is 0 Å². The molecule has 0 aromatic heterocycles. The first-order chi connectivity index (χ1) is 9.54. The summed E-state index contributed by atoms with van der Waals surface area (Å²) in [4.78, 5) is 2.22. The van der Waals surface area contributed by atoms with Gasteiger partial charge in [0.25, 0.3) is 0 Å². The molecule has 1 saturated carbocycles. The second-order valence-corrected chi connectivity index (χ2v) is 6.64. The van der Waals surface area contributed by atoms with E-state index in [1.165, 1.54) is 38.5 Å². The van der Waals surface area contributed by atoms with Crippen molar-refractivity contribution in [3.8, 4) is 0 Å². The zero-order valence-electron chi connectivity index (χ0n) is 12.8. The van der Waals surface area contributed by atoms with E-state index in [9.17, 15) is 0 Å². The lowest BCUT2D eigenvalue weighted by atomic mass is 9.83. The summed E-state index contributed by atoms with van der Waals surface area (Å²) in [5, 5.41) is 11.8. The van der Waals surface area contributed by atoms with Crippen LogP contribution in [0.15, 0.2) is 5.16 Å². The van der Waals surface area contributed by atoms with Crippen molar-refractivity contribution >= 4 is 5.84 Å². The Morgan fingerprint density at radius 1 is 1.35 bits per heavy atom. The lowest BCUT2D eigenvalue weighted by molar-refractivity contribution is -0.0727. The quantitative estimate of drug-likeness (QED) is 0.351. The molecule has 1 aliphatic heterocycles. The summed E-state index contributed by atoms with van der Waals surface area (Å²) in [5.74, 6) is 0.268. The van der Waals surface area contributed by atoms with Gasteiger partial charge in [0.15, 0.2) is 5.84 Å². The van der Waals surface area contributed by atoms with Gasteiger partial charge in [-0.1, -0.05) is 24.4 Å². The number of nitrogens with two attached hydrogens (primary N) is 1. The second-order valence-electron chi connectivity index (χ2n) is 6.64. The van der Waals surface area contributed by atoms with Crippen molar-refractivity contribution in [2.24, 2.45) is 10.9 Å². The van der Waals surface area contributed by atoms with E-state index in [1.54, 1.807) is 0 Å². The van der Waals surface area contributed by atoms with Crippen molar-refractivity contribution in [3.05, 3.63) is 0 Å². The largest absolute Gasteiger partial charge is 0.409 e. The van der Waals surface area contributed by atoms with E-state index in [4.69, 9.17) is 15.7 Å². The van der Waals surface area contributed by atoms with Crippen molar-refractivity contribution in [1.29, 1.82) is 0 Å². The third-order valence-corrected chi connectivity index (χ3v) is 4.77. The fraction of sp³-hybridized carbons (Fsp3) is 0.933. The highest BCUT2D eigenvalue weighted by atomic mass is 16.5. The Morgan fingerprint density at radius 2 is 2.05 bits per heavy atom. The monoisotopic (exact) mass is 283 g/mol. The van der Waals surface area contributed by atoms with Crippen molar-refractivity contribution in [2.45, 2.75) is 76.5 Å². The molecule has 1 atom stereocenters. The second kappa shape index (κ2) is 6.76. The highest BCUT2D eigenvalue weighted by Gasteiger charge is 2.41. The maximum Gasteiger partial charge on any atom is 0.153 e. The molecule has 0 bridgehead atoms. The van der Waals surface area contributed by atoms with Gasteiger partial charge < -0.3 is 15.7 Å². The first-order valence-corrected chi connectivity index (χ1v) is 7.93. The summed E-state index contributed by atoms with van der Waals surface area (Å²) in [7, 11) is 0. The van der Waals surface area contributed by atoms with Gasteiger partial charge in [-0.2, -0.15) is 0 Å². The molecule has 5 nitrogen and oxygen atoms in total. The van der Waals surface area contributed by atoms with Gasteiger partial charge in [-0.05, 0) is 39.5 Å². The topological polar surface area (TPSA) is 71.1 Å². The lowest BCUT2D eigenvalue weighted by Crippen LogP contribution is -2.43. The number of hydrogen-bond acceptors (Lipinski definition) is 4. The minimum Gasteiger partial charge on any atom is -0.409 e. The van der Waals surface area contributed by atoms with Crippen molar-refractivity contribution in [2.75, 3.05) is 13.1 Å². The zero-order valence-corrected chi connectivity index (χ0v) is 12.8. The van der Waals surface area contributed by atoms with Crippen LogP contribution in [0.25, 0.3) is 0 Å². The summed E-state index contributed by atoms with van der Waals surface area (Å²) >= 11 is 0. The van der Waals surface area contributed by atoms with Crippen LogP contribution in [0.2, 0.25) is 0 Å². The predicted molar refractivity (Wildman–Crippen MR) is 80.0 cm³/mol. The Bertz CT molecular complexity index is 338. The standard InChI is InChI=1S/C15H29N3O2/c1-12(2)18(11-14(16)17-19)10-13-6-9-15(20-13)7-4-3-5-8-15/h12-13,19H,3-11H2,1-2H3,(H2,16,17). The molecule has 116 valence electrons. The molecule has 20 heavy (non-hydrogen) atoms. The van der Waals surface area contributed by atoms with Crippen LogP contribution >= 0.6 is 0 Å². The predicted octanol–water partition coefficient (Wildman–Crippen LogP) is 2.33. The molecule has 1 unspecified atom stereocenters. The molecule has 3 N–H and O–H groups in total. The zero-order chi connectivity index (χ0) is 14.6. The minimum atomic E-state index is 0.169. The maximum atomic E-state index is 8.73. The van der Waals surface area contributed by atoms with Crippen LogP contribution in [0.4, 0.5) is 0 Å². The van der Waals surface area contributed by atoms with Crippen LogP contribution in [0.5, 0.6) is 0 Å². The number of hydrogen-bond donors (Lipinski definition) is 2. The Kier molecular flexibility index (Phi) is 5.27. The van der Waals surface area contributed by atoms with Crippen molar-refractivity contribution in [1.82, 2.24) is 4.90 Å². The van der Waals surface area contributed by atoms with E-state index in [0.29, 0.717) is 18.7 Å². The fourth-order valence-corrected chi connectivity index (χ4v) is 3.55. The van der Waals surface area contributed by atoms with E-state index < -0.39 is 0 Å². The number of oxime groups is 1. The summed E-state index contributed by atoms with van der Waals surface area (Å²) in [6, 6.07) is 0.363. The molecule has 1 aliphatic carbocycles. The molecule has 0 aromatic carbocycles. The lowest BCUT2D eigenvalue weighted by Gasteiger charge is -2.35. The van der Waals surface area contributed by atoms with E-state index in [2.05, 4.69) is 23.9 Å². The summed E-state index contributed by atoms with van der Waals surface area (Å²) < 4.78 is 6.40. The normalized spacial score (nSPS) is 26.8. The van der Waals surface area contributed by atoms with Crippen LogP contribution in [0, 0.1) is 0 Å². The number of ether oxygens (including phenoxy) is 1. The van der Waals surface area contributed by atoms with Crippen LogP contribution in [0.3, 0.4) is 0 Å². The smallest absolute Gasteiger partial charge is 0.153 e. The molecule has 1 saturated heterocycles. The van der Waals surface area contributed by atoms with E-state index in [1.807, 2.05) is 0 Å². The highest BCUT2D eigenvalue weighted by Crippen LogP contribution is 2.42. The van der Waals surface area contributed by atoms with Crippen molar-refractivity contribution < 1.29 is 9.94 Å². The average molecular weight is 283 g/mol. The van der Waals surface area contributed by atoms with Gasteiger partial charge in [0, 0.05) is 12.6 Å². The van der Waals surface area contributed by atoms with Crippen LogP contribution in [-0.2, 0) is 4.74 Å². The molecule has 1 spiro atoms. The Hall–Kier alpha value is -0.810. The molecule has 0 aromatic rings. The molecule has 2 aliphatic rings. The molecule has 0 radical (unpaired) electrons. The van der Waals surface area contributed by atoms with Gasteiger partial charge in [0.2, 0.25) is 0 Å². The van der Waals surface area contributed by atoms with Gasteiger partial charge in [-0.3, -0.25) is 4.90 Å². The number of rotatable bonds is 5. The Morgan fingerprint density at radius 3 is 2.65 bits per heavy atom. The number of amidine groups is 1. The molecule has 5 heteroatoms. The van der Waals surface area contributed by atoms with Crippen LogP contribution < -0.4 is 5.73 Å². The Labute approximate surface area is 122 Å². The van der Waals surface area contributed by atoms with E-state index >= 15 is 0 Å². The third-order valence-electron chi connectivity index (χ3n) is 4.77. The van der Waals surface area contributed by atoms with Gasteiger partial charge in [-0.25, -0.2) is 0 Å². The molecule has 2 fully saturated rings. The highest BCUT2D eigenvalue weighted by molar-refractivity contribution is 5.81. The molecular formula is C15H29N3O2. The molecular weight excluding hydrogens is 254 g/mol. The van der Waals surface area contributed by atoms with Crippen LogP contribution in [-0.4, -0.2) is 46.8 Å². The van der Waals surface area contributed by atoms with E-state index in [-0.39, 0.29) is 11.4 Å². The van der Waals surface area contributed by atoms with Gasteiger partial charge in [-0.15, -0.1) is 0 Å². The first-order valence-electron chi connectivity index (χ1n) is 7.93. The average Bonchev–Trinajstić information content (AvgIpc) is 2.81. The van der Waals surface area contributed by atoms with Crippen LogP contribution in [0.1, 0.15) is 58.8 Å². The molecule has 2 rings (SSSR count). The minimum absolute atomic E-state index is 0.169. The fourth-order valence-electron chi connectivity index (χ4n) is 3.55. The van der Waals surface area contributed by atoms with Gasteiger partial charge in [0.05, 0.1) is 18.2 Å². The summed E-state index contributed by atoms with van der Waals surface area (Å²) in [6.07, 6.45) is 9.07. The van der Waals surface area contributed by atoms with E-state index in [0.717, 1.165) is 13.0 Å². The molecule has 0 amide bonds. The Balaban J connectivity index is 1.88. The molecule has 1 heterocycles. The van der Waals surface area contributed by atoms with Gasteiger partial charge in [0.1, 0.15) is 0 Å². The summed E-state index contributed by atoms with van der Waals surface area (Å²) in [5.41, 5.74) is 5.81. The third kappa shape index (κ3) is 3.85. The number of nitrogens with zero attached hydrogens (tertiary/aromatic N) is 2.